The molecular formula is C16H16ClF2N. The first-order valence-corrected chi connectivity index (χ1v) is 6.84. The van der Waals surface area contributed by atoms with E-state index in [1.54, 1.807) is 12.1 Å². The van der Waals surface area contributed by atoms with E-state index in [-0.39, 0.29) is 11.6 Å². The molecule has 0 radical (unpaired) electrons. The summed E-state index contributed by atoms with van der Waals surface area (Å²) < 4.78 is 26.1. The number of rotatable bonds is 5. The van der Waals surface area contributed by atoms with Crippen LogP contribution < -0.4 is 5.32 Å². The molecule has 0 saturated heterocycles. The highest BCUT2D eigenvalue weighted by atomic mass is 35.5. The van der Waals surface area contributed by atoms with Crippen molar-refractivity contribution in [2.45, 2.75) is 19.9 Å². The largest absolute Gasteiger partial charge is 0.312 e. The maximum Gasteiger partial charge on any atom is 0.123 e. The molecule has 1 nitrogen and oxygen atoms in total. The maximum absolute atomic E-state index is 13.1. The molecule has 2 aromatic rings. The van der Waals surface area contributed by atoms with Crippen LogP contribution in [0.2, 0.25) is 5.02 Å². The van der Waals surface area contributed by atoms with E-state index in [1.165, 1.54) is 24.3 Å². The average Bonchev–Trinajstić information content (AvgIpc) is 2.40. The van der Waals surface area contributed by atoms with Crippen LogP contribution in [0.5, 0.6) is 0 Å². The molecule has 0 bridgehead atoms. The number of halogens is 3. The van der Waals surface area contributed by atoms with E-state index in [1.807, 2.05) is 6.92 Å². The third-order valence-corrected chi connectivity index (χ3v) is 3.57. The van der Waals surface area contributed by atoms with Gasteiger partial charge in [0.1, 0.15) is 11.6 Å². The molecule has 0 aliphatic heterocycles. The van der Waals surface area contributed by atoms with E-state index >= 15 is 0 Å². The van der Waals surface area contributed by atoms with E-state index in [0.29, 0.717) is 11.6 Å². The van der Waals surface area contributed by atoms with Gasteiger partial charge in [-0.05, 0) is 66.9 Å². The maximum atomic E-state index is 13.1. The molecule has 0 aliphatic rings. The first kappa shape index (κ1) is 14.9. The monoisotopic (exact) mass is 295 g/mol. The molecule has 106 valence electrons. The van der Waals surface area contributed by atoms with Crippen molar-refractivity contribution in [2.24, 2.45) is 0 Å². The number of nitrogens with one attached hydrogen (secondary N) is 1. The van der Waals surface area contributed by atoms with Gasteiger partial charge in [-0.1, -0.05) is 17.7 Å². The molecule has 2 rings (SSSR count). The Morgan fingerprint density at radius 2 is 1.70 bits per heavy atom. The summed E-state index contributed by atoms with van der Waals surface area (Å²) in [6, 6.07) is 9.11. The lowest BCUT2D eigenvalue weighted by molar-refractivity contribution is 0.619. The molecule has 0 aromatic heterocycles. The quantitative estimate of drug-likeness (QED) is 0.813. The van der Waals surface area contributed by atoms with E-state index < -0.39 is 0 Å². The van der Waals surface area contributed by atoms with E-state index in [0.717, 1.165) is 29.7 Å². The van der Waals surface area contributed by atoms with Crippen molar-refractivity contribution in [3.63, 3.8) is 0 Å². The van der Waals surface area contributed by atoms with Crippen molar-refractivity contribution in [1.82, 2.24) is 5.32 Å². The van der Waals surface area contributed by atoms with E-state index in [9.17, 15) is 8.78 Å². The van der Waals surface area contributed by atoms with Gasteiger partial charge < -0.3 is 5.32 Å². The highest BCUT2D eigenvalue weighted by Crippen LogP contribution is 2.16. The van der Waals surface area contributed by atoms with Crippen molar-refractivity contribution < 1.29 is 8.78 Å². The molecule has 20 heavy (non-hydrogen) atoms. The number of hydrogen-bond donors (Lipinski definition) is 1. The number of aryl methyl sites for hydroxylation is 1. The Hall–Kier alpha value is -1.45. The third kappa shape index (κ3) is 4.02. The second kappa shape index (κ2) is 6.82. The van der Waals surface area contributed by atoms with Crippen LogP contribution >= 0.6 is 11.6 Å². The van der Waals surface area contributed by atoms with Gasteiger partial charge in [0, 0.05) is 11.6 Å². The van der Waals surface area contributed by atoms with Gasteiger partial charge in [-0.25, -0.2) is 8.78 Å². The van der Waals surface area contributed by atoms with Crippen LogP contribution in [-0.2, 0) is 13.0 Å². The normalized spacial score (nSPS) is 10.8. The van der Waals surface area contributed by atoms with Crippen LogP contribution in [0.4, 0.5) is 8.78 Å². The van der Waals surface area contributed by atoms with E-state index in [2.05, 4.69) is 5.32 Å². The zero-order chi connectivity index (χ0) is 14.5. The average molecular weight is 296 g/mol. The molecule has 0 unspecified atom stereocenters. The highest BCUT2D eigenvalue weighted by Gasteiger charge is 2.03. The number of hydrogen-bond acceptors (Lipinski definition) is 1. The van der Waals surface area contributed by atoms with Gasteiger partial charge in [-0.2, -0.15) is 0 Å². The summed E-state index contributed by atoms with van der Waals surface area (Å²) in [6.07, 6.45) is 0.791. The predicted octanol–water partition coefficient (Wildman–Crippen LogP) is 4.26. The summed E-state index contributed by atoms with van der Waals surface area (Å²) in [6.45, 7) is 3.12. The molecule has 0 saturated carbocycles. The lowest BCUT2D eigenvalue weighted by Gasteiger charge is -2.09. The smallest absolute Gasteiger partial charge is 0.123 e. The van der Waals surface area contributed by atoms with Gasteiger partial charge in [-0.15, -0.1) is 0 Å². The summed E-state index contributed by atoms with van der Waals surface area (Å²) >= 11 is 5.99. The molecule has 0 heterocycles. The minimum absolute atomic E-state index is 0.217. The van der Waals surface area contributed by atoms with Crippen LogP contribution in [0.1, 0.15) is 16.7 Å². The fourth-order valence-corrected chi connectivity index (χ4v) is 2.25. The van der Waals surface area contributed by atoms with Crippen LogP contribution in [0.3, 0.4) is 0 Å². The fraction of sp³-hybridized carbons (Fsp3) is 0.250. The van der Waals surface area contributed by atoms with Crippen molar-refractivity contribution >= 4 is 11.6 Å². The zero-order valence-electron chi connectivity index (χ0n) is 11.2. The fourth-order valence-electron chi connectivity index (χ4n) is 2.06. The molecular weight excluding hydrogens is 280 g/mol. The topological polar surface area (TPSA) is 12.0 Å². The van der Waals surface area contributed by atoms with Crippen LogP contribution in [-0.4, -0.2) is 6.54 Å². The Bertz CT molecular complexity index is 599. The van der Waals surface area contributed by atoms with Crippen molar-refractivity contribution in [1.29, 1.82) is 0 Å². The van der Waals surface area contributed by atoms with Crippen molar-refractivity contribution in [3.05, 3.63) is 69.7 Å². The Morgan fingerprint density at radius 3 is 2.45 bits per heavy atom. The summed E-state index contributed by atoms with van der Waals surface area (Å²) in [5, 5.41) is 3.77. The Morgan fingerprint density at radius 1 is 1.00 bits per heavy atom. The third-order valence-electron chi connectivity index (χ3n) is 3.20. The Kier molecular flexibility index (Phi) is 5.10. The summed E-state index contributed by atoms with van der Waals surface area (Å²) in [4.78, 5) is 0. The van der Waals surface area contributed by atoms with Gasteiger partial charge in [0.25, 0.3) is 0 Å². The number of benzene rings is 2. The minimum atomic E-state index is -0.291. The lowest BCUT2D eigenvalue weighted by Crippen LogP contribution is -2.17. The lowest BCUT2D eigenvalue weighted by atomic mass is 10.1. The van der Waals surface area contributed by atoms with Gasteiger partial charge in [0.05, 0.1) is 0 Å². The second-order valence-electron chi connectivity index (χ2n) is 4.73. The molecule has 0 spiro atoms. The molecule has 1 N–H and O–H groups in total. The Labute approximate surface area is 122 Å². The van der Waals surface area contributed by atoms with Crippen molar-refractivity contribution in [3.8, 4) is 0 Å². The second-order valence-corrected chi connectivity index (χ2v) is 5.14. The molecule has 0 aliphatic carbocycles. The van der Waals surface area contributed by atoms with Gasteiger partial charge in [0.2, 0.25) is 0 Å². The van der Waals surface area contributed by atoms with Gasteiger partial charge >= 0.3 is 0 Å². The highest BCUT2D eigenvalue weighted by molar-refractivity contribution is 6.31. The first-order chi connectivity index (χ1) is 9.56. The first-order valence-electron chi connectivity index (χ1n) is 6.46. The molecule has 4 heteroatoms. The molecule has 0 amide bonds. The van der Waals surface area contributed by atoms with Crippen LogP contribution in [0.15, 0.2) is 36.4 Å². The minimum Gasteiger partial charge on any atom is -0.312 e. The van der Waals surface area contributed by atoms with Gasteiger partial charge in [-0.3, -0.25) is 0 Å². The van der Waals surface area contributed by atoms with Crippen LogP contribution in [0.25, 0.3) is 0 Å². The summed E-state index contributed by atoms with van der Waals surface area (Å²) in [5.74, 6) is -0.508. The molecule has 0 fully saturated rings. The van der Waals surface area contributed by atoms with Crippen molar-refractivity contribution in [2.75, 3.05) is 6.54 Å². The van der Waals surface area contributed by atoms with E-state index in [4.69, 9.17) is 11.6 Å². The summed E-state index contributed by atoms with van der Waals surface area (Å²) in [5.41, 5.74) is 2.78. The molecule has 2 aromatic carbocycles. The van der Waals surface area contributed by atoms with Gasteiger partial charge in [0.15, 0.2) is 0 Å². The summed E-state index contributed by atoms with van der Waals surface area (Å²) in [7, 11) is 0. The molecule has 0 atom stereocenters. The van der Waals surface area contributed by atoms with Crippen LogP contribution in [0, 0.1) is 18.6 Å². The Balaban J connectivity index is 1.86. The predicted molar refractivity (Wildman–Crippen MR) is 78.0 cm³/mol. The SMILES string of the molecule is Cc1cc(F)ccc1CCNCc1cc(F)ccc1Cl. The zero-order valence-corrected chi connectivity index (χ0v) is 12.0. The standard InChI is InChI=1S/C16H16ClF2N/c1-11-8-14(18)3-2-12(11)6-7-20-10-13-9-15(19)4-5-16(13)17/h2-5,8-9,20H,6-7,10H2,1H3.